The molecule has 0 spiro atoms. The summed E-state index contributed by atoms with van der Waals surface area (Å²) >= 11 is 0. The number of hydrazone groups is 1. The van der Waals surface area contributed by atoms with Gasteiger partial charge >= 0.3 is 6.61 Å². The van der Waals surface area contributed by atoms with Gasteiger partial charge in [0.2, 0.25) is 0 Å². The summed E-state index contributed by atoms with van der Waals surface area (Å²) in [5, 5.41) is 3.80. The number of carbonyl (C=O) groups excluding carboxylic acids is 1. The fourth-order valence-electron chi connectivity index (χ4n) is 2.15. The second-order valence-electron chi connectivity index (χ2n) is 6.80. The summed E-state index contributed by atoms with van der Waals surface area (Å²) in [5.41, 5.74) is 4.18. The number of carbonyl (C=O) groups is 1. The molecule has 0 unspecified atom stereocenters. The van der Waals surface area contributed by atoms with E-state index in [4.69, 9.17) is 4.74 Å². The number of halogens is 2. The van der Waals surface area contributed by atoms with Gasteiger partial charge in [0.25, 0.3) is 5.91 Å². The minimum atomic E-state index is -2.87. The molecule has 0 heterocycles. The molecule has 144 valence electrons. The Morgan fingerprint density at radius 2 is 1.67 bits per heavy atom. The smallest absolute Gasteiger partial charge is 0.387 e. The monoisotopic (exact) mass is 376 g/mol. The summed E-state index contributed by atoms with van der Waals surface area (Å²) in [7, 11) is 0. The Morgan fingerprint density at radius 1 is 1.07 bits per heavy atom. The maximum absolute atomic E-state index is 12.1. The summed E-state index contributed by atoms with van der Waals surface area (Å²) in [4.78, 5) is 11.8. The van der Waals surface area contributed by atoms with Crippen LogP contribution in [0.2, 0.25) is 0 Å². The standard InChI is InChI=1S/C20H22F2N2O3/c1-20(2,3)15-6-10-16(11-7-15)26-13-18(25)24-23-12-14-4-8-17(9-5-14)27-19(21)22/h4-12,19H,13H2,1-3H3,(H,24,25). The summed E-state index contributed by atoms with van der Waals surface area (Å²) in [6.45, 7) is 3.32. The SMILES string of the molecule is CC(C)(C)c1ccc(OCC(=O)NN=Cc2ccc(OC(F)F)cc2)cc1. The minimum absolute atomic E-state index is 0.0500. The molecule has 1 N–H and O–H groups in total. The first kappa shape index (κ1) is 20.4. The summed E-state index contributed by atoms with van der Waals surface area (Å²) in [6.07, 6.45) is 1.39. The molecule has 0 aliphatic carbocycles. The number of nitrogens with zero attached hydrogens (tertiary/aromatic N) is 1. The van der Waals surface area contributed by atoms with Crippen LogP contribution in [-0.4, -0.2) is 25.3 Å². The van der Waals surface area contributed by atoms with E-state index in [2.05, 4.69) is 36.0 Å². The zero-order valence-corrected chi connectivity index (χ0v) is 15.4. The van der Waals surface area contributed by atoms with Crippen molar-refractivity contribution in [1.82, 2.24) is 5.43 Å². The van der Waals surface area contributed by atoms with Crippen LogP contribution in [0, 0.1) is 0 Å². The lowest BCUT2D eigenvalue weighted by atomic mass is 9.87. The number of ether oxygens (including phenoxy) is 2. The molecule has 7 heteroatoms. The van der Waals surface area contributed by atoms with Crippen molar-refractivity contribution in [3.05, 3.63) is 59.7 Å². The lowest BCUT2D eigenvalue weighted by Crippen LogP contribution is -2.24. The normalized spacial score (nSPS) is 11.6. The van der Waals surface area contributed by atoms with Crippen molar-refractivity contribution >= 4 is 12.1 Å². The van der Waals surface area contributed by atoms with Gasteiger partial charge in [0.05, 0.1) is 6.21 Å². The van der Waals surface area contributed by atoms with E-state index in [0.717, 1.165) is 0 Å². The van der Waals surface area contributed by atoms with Crippen LogP contribution in [0.3, 0.4) is 0 Å². The molecule has 1 amide bonds. The minimum Gasteiger partial charge on any atom is -0.484 e. The fraction of sp³-hybridized carbons (Fsp3) is 0.300. The lowest BCUT2D eigenvalue weighted by molar-refractivity contribution is -0.123. The predicted molar refractivity (Wildman–Crippen MR) is 99.4 cm³/mol. The Kier molecular flexibility index (Phi) is 6.87. The zero-order chi connectivity index (χ0) is 19.9. The first-order valence-electron chi connectivity index (χ1n) is 8.34. The van der Waals surface area contributed by atoms with Crippen LogP contribution in [0.4, 0.5) is 8.78 Å². The van der Waals surface area contributed by atoms with Crippen LogP contribution < -0.4 is 14.9 Å². The Hall–Kier alpha value is -2.96. The van der Waals surface area contributed by atoms with E-state index in [-0.39, 0.29) is 17.8 Å². The maximum atomic E-state index is 12.1. The largest absolute Gasteiger partial charge is 0.484 e. The first-order valence-corrected chi connectivity index (χ1v) is 8.34. The van der Waals surface area contributed by atoms with Crippen LogP contribution in [0.1, 0.15) is 31.9 Å². The molecule has 2 aromatic carbocycles. The van der Waals surface area contributed by atoms with Gasteiger partial charge in [-0.25, -0.2) is 5.43 Å². The second kappa shape index (κ2) is 9.12. The van der Waals surface area contributed by atoms with E-state index in [9.17, 15) is 13.6 Å². The van der Waals surface area contributed by atoms with Gasteiger partial charge in [-0.15, -0.1) is 0 Å². The molecule has 0 atom stereocenters. The van der Waals surface area contributed by atoms with Crippen LogP contribution in [0.5, 0.6) is 11.5 Å². The number of rotatable bonds is 7. The maximum Gasteiger partial charge on any atom is 0.387 e. The Labute approximate surface area is 157 Å². The van der Waals surface area contributed by atoms with Gasteiger partial charge in [-0.1, -0.05) is 32.9 Å². The van der Waals surface area contributed by atoms with Crippen LogP contribution in [-0.2, 0) is 10.2 Å². The molecule has 0 bridgehead atoms. The third-order valence-electron chi connectivity index (χ3n) is 3.60. The summed E-state index contributed by atoms with van der Waals surface area (Å²) < 4.78 is 33.8. The van der Waals surface area contributed by atoms with Crippen LogP contribution in [0.15, 0.2) is 53.6 Å². The molecule has 0 aromatic heterocycles. The second-order valence-corrected chi connectivity index (χ2v) is 6.80. The highest BCUT2D eigenvalue weighted by atomic mass is 19.3. The van der Waals surface area contributed by atoms with Crippen molar-refractivity contribution in [2.45, 2.75) is 32.8 Å². The molecule has 0 aliphatic heterocycles. The summed E-state index contributed by atoms with van der Waals surface area (Å²) in [6, 6.07) is 13.4. The number of hydrogen-bond acceptors (Lipinski definition) is 4. The van der Waals surface area contributed by atoms with E-state index < -0.39 is 12.5 Å². The van der Waals surface area contributed by atoms with E-state index in [1.807, 2.05) is 24.3 Å². The van der Waals surface area contributed by atoms with Crippen LogP contribution in [0.25, 0.3) is 0 Å². The molecule has 0 radical (unpaired) electrons. The average Bonchev–Trinajstić information content (AvgIpc) is 2.60. The predicted octanol–water partition coefficient (Wildman–Crippen LogP) is 4.11. The van der Waals surface area contributed by atoms with Crippen molar-refractivity contribution in [3.8, 4) is 11.5 Å². The highest BCUT2D eigenvalue weighted by Crippen LogP contribution is 2.24. The van der Waals surface area contributed by atoms with Crippen molar-refractivity contribution in [2.75, 3.05) is 6.61 Å². The number of alkyl halides is 2. The fourth-order valence-corrected chi connectivity index (χ4v) is 2.15. The third kappa shape index (κ3) is 7.05. The van der Waals surface area contributed by atoms with Gasteiger partial charge in [-0.05, 0) is 52.9 Å². The van der Waals surface area contributed by atoms with E-state index in [1.54, 1.807) is 12.1 Å². The van der Waals surface area contributed by atoms with E-state index in [1.165, 1.54) is 23.9 Å². The number of hydrogen-bond donors (Lipinski definition) is 1. The third-order valence-corrected chi connectivity index (χ3v) is 3.60. The first-order chi connectivity index (χ1) is 12.7. The van der Waals surface area contributed by atoms with Crippen molar-refractivity contribution in [3.63, 3.8) is 0 Å². The molecule has 27 heavy (non-hydrogen) atoms. The Bertz CT molecular complexity index is 767. The van der Waals surface area contributed by atoms with Crippen molar-refractivity contribution in [1.29, 1.82) is 0 Å². The zero-order valence-electron chi connectivity index (χ0n) is 15.4. The molecule has 5 nitrogen and oxygen atoms in total. The highest BCUT2D eigenvalue weighted by molar-refractivity contribution is 5.83. The van der Waals surface area contributed by atoms with Gasteiger partial charge in [-0.2, -0.15) is 13.9 Å². The van der Waals surface area contributed by atoms with Crippen molar-refractivity contribution in [2.24, 2.45) is 5.10 Å². The van der Waals surface area contributed by atoms with Gasteiger partial charge in [0.1, 0.15) is 11.5 Å². The molecule has 2 aromatic rings. The van der Waals surface area contributed by atoms with Gasteiger partial charge in [-0.3, -0.25) is 4.79 Å². The Morgan fingerprint density at radius 3 is 2.22 bits per heavy atom. The molecular formula is C20H22F2N2O3. The van der Waals surface area contributed by atoms with Gasteiger partial charge in [0, 0.05) is 0 Å². The molecule has 2 rings (SSSR count). The van der Waals surface area contributed by atoms with E-state index in [0.29, 0.717) is 11.3 Å². The molecule has 0 aliphatic rings. The van der Waals surface area contributed by atoms with Gasteiger partial charge in [0.15, 0.2) is 6.61 Å². The van der Waals surface area contributed by atoms with Crippen LogP contribution >= 0.6 is 0 Å². The number of benzene rings is 2. The molecular weight excluding hydrogens is 354 g/mol. The Balaban J connectivity index is 1.78. The van der Waals surface area contributed by atoms with Crippen molar-refractivity contribution < 1.29 is 23.0 Å². The quantitative estimate of drug-likeness (QED) is 0.584. The summed E-state index contributed by atoms with van der Waals surface area (Å²) in [5.74, 6) is 0.234. The topological polar surface area (TPSA) is 59.9 Å². The lowest BCUT2D eigenvalue weighted by Gasteiger charge is -2.19. The number of nitrogens with one attached hydrogen (secondary N) is 1. The average molecular weight is 376 g/mol. The van der Waals surface area contributed by atoms with E-state index >= 15 is 0 Å². The van der Waals surface area contributed by atoms with Gasteiger partial charge < -0.3 is 9.47 Å². The molecule has 0 saturated carbocycles. The highest BCUT2D eigenvalue weighted by Gasteiger charge is 2.13. The molecule has 0 saturated heterocycles. The molecule has 0 fully saturated rings. The number of amides is 1.